The van der Waals surface area contributed by atoms with Crippen molar-refractivity contribution in [1.82, 2.24) is 4.31 Å². The molecule has 3 atom stereocenters. The molecule has 0 aromatic heterocycles. The van der Waals surface area contributed by atoms with Crippen molar-refractivity contribution in [3.63, 3.8) is 0 Å². The third-order valence-electron chi connectivity index (χ3n) is 6.03. The maximum atomic E-state index is 12.6. The summed E-state index contributed by atoms with van der Waals surface area (Å²) in [4.78, 5) is 11.9. The number of rotatable bonds is 1. The van der Waals surface area contributed by atoms with Gasteiger partial charge < -0.3 is 0 Å². The average molecular weight is 271 g/mol. The van der Waals surface area contributed by atoms with E-state index in [2.05, 4.69) is 13.8 Å². The van der Waals surface area contributed by atoms with Crippen LogP contribution in [0.15, 0.2) is 0 Å². The van der Waals surface area contributed by atoms with Crippen LogP contribution in [0.3, 0.4) is 0 Å². The molecule has 0 aromatic rings. The average Bonchev–Trinajstić information content (AvgIpc) is 2.80. The molecule has 5 heteroatoms. The van der Waals surface area contributed by atoms with E-state index in [0.29, 0.717) is 12.5 Å². The summed E-state index contributed by atoms with van der Waals surface area (Å²) in [5.74, 6) is 0.272. The zero-order valence-corrected chi connectivity index (χ0v) is 12.1. The number of nitrogens with zero attached hydrogens (tertiary/aromatic N) is 1. The molecule has 3 rings (SSSR count). The first-order chi connectivity index (χ1) is 8.27. The third-order valence-corrected chi connectivity index (χ3v) is 8.34. The Kier molecular flexibility index (Phi) is 2.28. The summed E-state index contributed by atoms with van der Waals surface area (Å²) in [5, 5.41) is -0.311. The van der Waals surface area contributed by atoms with Gasteiger partial charge in [-0.25, -0.2) is 12.7 Å². The summed E-state index contributed by atoms with van der Waals surface area (Å²) in [6.07, 6.45) is 3.10. The van der Waals surface area contributed by atoms with E-state index in [1.54, 1.807) is 6.92 Å². The van der Waals surface area contributed by atoms with Gasteiger partial charge in [0.1, 0.15) is 0 Å². The van der Waals surface area contributed by atoms with Crippen molar-refractivity contribution in [2.75, 3.05) is 6.54 Å². The highest BCUT2D eigenvalue weighted by atomic mass is 32.2. The van der Waals surface area contributed by atoms with Gasteiger partial charge in [-0.05, 0) is 30.6 Å². The Morgan fingerprint density at radius 1 is 1.39 bits per heavy atom. The van der Waals surface area contributed by atoms with Crippen molar-refractivity contribution in [3.8, 4) is 0 Å². The van der Waals surface area contributed by atoms with Crippen LogP contribution in [0, 0.1) is 16.7 Å². The highest BCUT2D eigenvalue weighted by Gasteiger charge is 2.72. The van der Waals surface area contributed by atoms with Crippen LogP contribution in [0.5, 0.6) is 0 Å². The second-order valence-electron chi connectivity index (χ2n) is 6.64. The molecule has 1 saturated heterocycles. The number of sulfonamides is 1. The topological polar surface area (TPSA) is 54.5 Å². The molecule has 18 heavy (non-hydrogen) atoms. The summed E-state index contributed by atoms with van der Waals surface area (Å²) in [6.45, 7) is 6.54. The van der Waals surface area contributed by atoms with E-state index >= 15 is 0 Å². The lowest BCUT2D eigenvalue weighted by Crippen LogP contribution is -2.39. The van der Waals surface area contributed by atoms with Crippen molar-refractivity contribution in [1.29, 1.82) is 0 Å². The Balaban J connectivity index is 2.09. The Morgan fingerprint density at radius 2 is 2.06 bits per heavy atom. The van der Waals surface area contributed by atoms with Gasteiger partial charge in [-0.2, -0.15) is 0 Å². The highest BCUT2D eigenvalue weighted by molar-refractivity contribution is 7.90. The van der Waals surface area contributed by atoms with Gasteiger partial charge in [-0.3, -0.25) is 4.79 Å². The van der Waals surface area contributed by atoms with E-state index in [-0.39, 0.29) is 28.4 Å². The van der Waals surface area contributed by atoms with Crippen LogP contribution in [0.25, 0.3) is 0 Å². The highest BCUT2D eigenvalue weighted by Crippen LogP contribution is 2.70. The van der Waals surface area contributed by atoms with Crippen molar-refractivity contribution in [3.05, 3.63) is 0 Å². The van der Waals surface area contributed by atoms with E-state index in [0.717, 1.165) is 19.3 Å². The number of fused-ring (bicyclic) bond motifs is 1. The largest absolute Gasteiger partial charge is 0.274 e. The molecule has 3 fully saturated rings. The number of carbonyl (C=O) groups is 1. The maximum absolute atomic E-state index is 12.6. The van der Waals surface area contributed by atoms with E-state index in [4.69, 9.17) is 0 Å². The van der Waals surface area contributed by atoms with Crippen molar-refractivity contribution < 1.29 is 13.2 Å². The van der Waals surface area contributed by atoms with Crippen molar-refractivity contribution in [2.24, 2.45) is 16.7 Å². The molecular formula is C13H21NO3S. The van der Waals surface area contributed by atoms with Gasteiger partial charge in [-0.1, -0.05) is 20.8 Å². The van der Waals surface area contributed by atoms with Crippen LogP contribution in [-0.2, 0) is 14.8 Å². The molecule has 2 aliphatic carbocycles. The fourth-order valence-corrected chi connectivity index (χ4v) is 7.36. The smallest absolute Gasteiger partial charge is 0.240 e. The van der Waals surface area contributed by atoms with Crippen LogP contribution >= 0.6 is 0 Å². The molecule has 0 N–H and O–H groups in total. The molecule has 0 aromatic carbocycles. The molecule has 3 aliphatic rings. The van der Waals surface area contributed by atoms with E-state index in [1.165, 1.54) is 4.31 Å². The SMILES string of the molecule is CCC(=O)N1CC23CCC(CC2S1(=O)=O)C3(C)C. The summed E-state index contributed by atoms with van der Waals surface area (Å²) in [6, 6.07) is 0. The lowest BCUT2D eigenvalue weighted by molar-refractivity contribution is -0.126. The zero-order chi connectivity index (χ0) is 13.3. The Morgan fingerprint density at radius 3 is 2.56 bits per heavy atom. The normalized spacial score (nSPS) is 43.2. The monoisotopic (exact) mass is 271 g/mol. The molecule has 1 spiro atoms. The summed E-state index contributed by atoms with van der Waals surface area (Å²) in [5.41, 5.74) is -0.130. The fourth-order valence-electron chi connectivity index (χ4n) is 4.69. The third kappa shape index (κ3) is 1.12. The molecule has 3 unspecified atom stereocenters. The van der Waals surface area contributed by atoms with Crippen molar-refractivity contribution in [2.45, 2.75) is 51.7 Å². The van der Waals surface area contributed by atoms with E-state index < -0.39 is 10.0 Å². The maximum Gasteiger partial charge on any atom is 0.240 e. The Labute approximate surface area is 109 Å². The fraction of sp³-hybridized carbons (Fsp3) is 0.923. The zero-order valence-electron chi connectivity index (χ0n) is 11.3. The lowest BCUT2D eigenvalue weighted by atomic mass is 9.69. The predicted molar refractivity (Wildman–Crippen MR) is 68.3 cm³/mol. The van der Waals surface area contributed by atoms with Gasteiger partial charge in [0.15, 0.2) is 0 Å². The van der Waals surface area contributed by atoms with E-state index in [9.17, 15) is 13.2 Å². The molecule has 1 amide bonds. The van der Waals surface area contributed by atoms with Crippen LogP contribution in [0.2, 0.25) is 0 Å². The number of amides is 1. The summed E-state index contributed by atoms with van der Waals surface area (Å²) in [7, 11) is -3.40. The van der Waals surface area contributed by atoms with E-state index in [1.807, 2.05) is 0 Å². The Hall–Kier alpha value is -0.580. The van der Waals surface area contributed by atoms with Gasteiger partial charge in [0.25, 0.3) is 0 Å². The van der Waals surface area contributed by atoms with Crippen LogP contribution in [-0.4, -0.2) is 30.4 Å². The van der Waals surface area contributed by atoms with Crippen LogP contribution in [0.4, 0.5) is 0 Å². The standard InChI is InChI=1S/C13H21NO3S/c1-4-11(15)14-8-13-6-5-9(12(13,2)3)7-10(13)18(14,16)17/h9-10H,4-8H2,1-3H3. The quantitative estimate of drug-likeness (QED) is 0.730. The molecule has 1 heterocycles. The van der Waals surface area contributed by atoms with Crippen molar-refractivity contribution >= 4 is 15.9 Å². The molecule has 4 nitrogen and oxygen atoms in total. The second-order valence-corrected chi connectivity index (χ2v) is 8.68. The molecule has 2 bridgehead atoms. The minimum Gasteiger partial charge on any atom is -0.274 e. The first kappa shape index (κ1) is 12.5. The van der Waals surface area contributed by atoms with Gasteiger partial charge >= 0.3 is 0 Å². The number of hydrogen-bond donors (Lipinski definition) is 0. The first-order valence-electron chi connectivity index (χ1n) is 6.82. The van der Waals surface area contributed by atoms with Gasteiger partial charge in [0.2, 0.25) is 15.9 Å². The van der Waals surface area contributed by atoms with Crippen LogP contribution < -0.4 is 0 Å². The van der Waals surface area contributed by atoms with Gasteiger partial charge in [0, 0.05) is 18.4 Å². The molecule has 0 radical (unpaired) electrons. The molecule has 102 valence electrons. The summed E-state index contributed by atoms with van der Waals surface area (Å²) < 4.78 is 26.3. The predicted octanol–water partition coefficient (Wildman–Crippen LogP) is 1.76. The first-order valence-corrected chi connectivity index (χ1v) is 8.32. The van der Waals surface area contributed by atoms with Gasteiger partial charge in [0.05, 0.1) is 5.25 Å². The number of carbonyl (C=O) groups excluding carboxylic acids is 1. The molecule has 1 aliphatic heterocycles. The lowest BCUT2D eigenvalue weighted by Gasteiger charge is -2.36. The number of hydrogen-bond acceptors (Lipinski definition) is 3. The van der Waals surface area contributed by atoms with Gasteiger partial charge in [-0.15, -0.1) is 0 Å². The molecular weight excluding hydrogens is 250 g/mol. The second kappa shape index (κ2) is 3.30. The van der Waals surface area contributed by atoms with Crippen LogP contribution in [0.1, 0.15) is 46.5 Å². The minimum atomic E-state index is -3.40. The Bertz CT molecular complexity index is 510. The molecule has 2 saturated carbocycles. The minimum absolute atomic E-state index is 0.0491. The summed E-state index contributed by atoms with van der Waals surface area (Å²) >= 11 is 0.